The Bertz CT molecular complexity index is 1610. The molecule has 2 amide bonds. The average molecular weight is 618 g/mol. The SMILES string of the molecule is Nc1ccc(C[C@H]2C[C@H](Cc3ccccc3)N(C[C@@H](O)C[C@@H](Cc3ccccc3)C(=O)N[C@H]3c4ccccc4C[C@H]3O)C2=O)cc1. The highest BCUT2D eigenvalue weighted by Crippen LogP contribution is 2.33. The monoisotopic (exact) mass is 617 g/mol. The Balaban J connectivity index is 1.18. The molecule has 0 unspecified atom stereocenters. The van der Waals surface area contributed by atoms with Crippen molar-refractivity contribution in [1.29, 1.82) is 0 Å². The predicted octanol–water partition coefficient (Wildman–Crippen LogP) is 4.66. The molecule has 238 valence electrons. The lowest BCUT2D eigenvalue weighted by Crippen LogP contribution is -2.43. The smallest absolute Gasteiger partial charge is 0.226 e. The Morgan fingerprint density at radius 1 is 0.848 bits per heavy atom. The van der Waals surface area contributed by atoms with Crippen molar-refractivity contribution in [2.45, 2.75) is 62.8 Å². The summed E-state index contributed by atoms with van der Waals surface area (Å²) in [6.07, 6.45) is 1.51. The molecule has 1 fully saturated rings. The molecule has 0 saturated carbocycles. The zero-order valence-corrected chi connectivity index (χ0v) is 26.0. The first-order valence-corrected chi connectivity index (χ1v) is 16.3. The molecule has 2 aliphatic rings. The van der Waals surface area contributed by atoms with E-state index in [9.17, 15) is 19.8 Å². The van der Waals surface area contributed by atoms with Crippen molar-refractivity contribution in [1.82, 2.24) is 10.2 Å². The minimum absolute atomic E-state index is 0.0338. The van der Waals surface area contributed by atoms with Crippen molar-refractivity contribution in [3.63, 3.8) is 0 Å². The second kappa shape index (κ2) is 14.3. The zero-order chi connectivity index (χ0) is 32.0. The van der Waals surface area contributed by atoms with Crippen LogP contribution in [0.2, 0.25) is 0 Å². The molecule has 0 aromatic heterocycles. The maximum absolute atomic E-state index is 13.9. The number of amides is 2. The molecule has 7 heteroatoms. The quantitative estimate of drug-likeness (QED) is 0.173. The fourth-order valence-corrected chi connectivity index (χ4v) is 7.23. The van der Waals surface area contributed by atoms with Crippen LogP contribution in [0.4, 0.5) is 5.69 Å². The fourth-order valence-electron chi connectivity index (χ4n) is 7.23. The lowest BCUT2D eigenvalue weighted by atomic mass is 9.91. The van der Waals surface area contributed by atoms with Crippen molar-refractivity contribution < 1.29 is 19.8 Å². The lowest BCUT2D eigenvalue weighted by Gasteiger charge is -2.29. The zero-order valence-electron chi connectivity index (χ0n) is 26.0. The highest BCUT2D eigenvalue weighted by Gasteiger charge is 2.41. The fraction of sp³-hybridized carbons (Fsp3) is 0.333. The van der Waals surface area contributed by atoms with Crippen LogP contribution in [0.1, 0.15) is 46.7 Å². The number of β-amino-alcohol motifs (C(OH)–C–C–N with tert-alkyl or cyclic N) is 1. The predicted molar refractivity (Wildman–Crippen MR) is 180 cm³/mol. The number of aliphatic hydroxyl groups is 2. The number of anilines is 1. The summed E-state index contributed by atoms with van der Waals surface area (Å²) in [7, 11) is 0. The molecule has 1 aliphatic carbocycles. The molecule has 4 aromatic rings. The normalized spacial score (nSPS) is 22.0. The van der Waals surface area contributed by atoms with E-state index < -0.39 is 24.2 Å². The third-order valence-corrected chi connectivity index (χ3v) is 9.57. The number of carbonyl (C=O) groups is 2. The van der Waals surface area contributed by atoms with Crippen molar-refractivity contribution in [2.75, 3.05) is 12.3 Å². The summed E-state index contributed by atoms with van der Waals surface area (Å²) in [4.78, 5) is 29.6. The first-order chi connectivity index (χ1) is 22.3. The molecule has 1 saturated heterocycles. The second-order valence-corrected chi connectivity index (χ2v) is 12.9. The van der Waals surface area contributed by atoms with Crippen LogP contribution in [0, 0.1) is 11.8 Å². The number of hydrogen-bond donors (Lipinski definition) is 4. The first-order valence-electron chi connectivity index (χ1n) is 16.3. The highest BCUT2D eigenvalue weighted by molar-refractivity contribution is 5.82. The van der Waals surface area contributed by atoms with Gasteiger partial charge in [-0.15, -0.1) is 0 Å². The lowest BCUT2D eigenvalue weighted by molar-refractivity contribution is -0.133. The van der Waals surface area contributed by atoms with E-state index in [0.717, 1.165) is 27.8 Å². The van der Waals surface area contributed by atoms with Crippen LogP contribution in [0.3, 0.4) is 0 Å². The van der Waals surface area contributed by atoms with Gasteiger partial charge in [0, 0.05) is 36.5 Å². The van der Waals surface area contributed by atoms with E-state index in [0.29, 0.717) is 37.8 Å². The van der Waals surface area contributed by atoms with Crippen LogP contribution in [0.15, 0.2) is 109 Å². The van der Waals surface area contributed by atoms with Gasteiger partial charge in [0.2, 0.25) is 11.8 Å². The van der Waals surface area contributed by atoms with Gasteiger partial charge in [0.05, 0.1) is 18.2 Å². The van der Waals surface area contributed by atoms with Gasteiger partial charge in [0.15, 0.2) is 0 Å². The number of hydrogen-bond acceptors (Lipinski definition) is 5. The Labute approximate surface area is 271 Å². The number of likely N-dealkylation sites (tertiary alicyclic amines) is 1. The number of nitrogen functional groups attached to an aromatic ring is 1. The van der Waals surface area contributed by atoms with Crippen molar-refractivity contribution in [3.8, 4) is 0 Å². The molecule has 7 nitrogen and oxygen atoms in total. The third-order valence-electron chi connectivity index (χ3n) is 9.57. The number of benzene rings is 4. The Kier molecular flexibility index (Phi) is 9.81. The van der Waals surface area contributed by atoms with Crippen molar-refractivity contribution >= 4 is 17.5 Å². The van der Waals surface area contributed by atoms with Crippen LogP contribution in [-0.4, -0.2) is 51.7 Å². The molecule has 0 radical (unpaired) electrons. The number of rotatable bonds is 12. The summed E-state index contributed by atoms with van der Waals surface area (Å²) in [6, 6.07) is 34.8. The van der Waals surface area contributed by atoms with E-state index in [1.807, 2.05) is 102 Å². The minimum atomic E-state index is -0.905. The number of nitrogens with two attached hydrogens (primary N) is 1. The molecular weight excluding hydrogens is 574 g/mol. The highest BCUT2D eigenvalue weighted by atomic mass is 16.3. The summed E-state index contributed by atoms with van der Waals surface area (Å²) in [5.41, 5.74) is 11.7. The number of aliphatic hydroxyl groups excluding tert-OH is 2. The maximum atomic E-state index is 13.9. The second-order valence-electron chi connectivity index (χ2n) is 12.9. The van der Waals surface area contributed by atoms with Gasteiger partial charge in [-0.25, -0.2) is 0 Å². The van der Waals surface area contributed by atoms with Gasteiger partial charge in [0.25, 0.3) is 0 Å². The van der Waals surface area contributed by atoms with E-state index in [1.165, 1.54) is 0 Å². The number of fused-ring (bicyclic) bond motifs is 1. The van der Waals surface area contributed by atoms with Crippen LogP contribution in [-0.2, 0) is 35.3 Å². The van der Waals surface area contributed by atoms with E-state index >= 15 is 0 Å². The topological polar surface area (TPSA) is 116 Å². The summed E-state index contributed by atoms with van der Waals surface area (Å²) in [5.74, 6) is -0.921. The van der Waals surface area contributed by atoms with Gasteiger partial charge in [-0.05, 0) is 72.1 Å². The number of carbonyl (C=O) groups excluding carboxylic acids is 2. The summed E-state index contributed by atoms with van der Waals surface area (Å²) in [5, 5.41) is 25.5. The average Bonchev–Trinajstić information content (AvgIpc) is 3.53. The Morgan fingerprint density at radius 2 is 1.48 bits per heavy atom. The van der Waals surface area contributed by atoms with Gasteiger partial charge in [-0.2, -0.15) is 0 Å². The van der Waals surface area contributed by atoms with Crippen LogP contribution in [0.5, 0.6) is 0 Å². The van der Waals surface area contributed by atoms with Crippen LogP contribution < -0.4 is 11.1 Å². The summed E-state index contributed by atoms with van der Waals surface area (Å²) < 4.78 is 0. The molecule has 4 aromatic carbocycles. The molecule has 46 heavy (non-hydrogen) atoms. The van der Waals surface area contributed by atoms with Crippen molar-refractivity contribution in [3.05, 3.63) is 137 Å². The molecular formula is C39H43N3O4. The standard InChI is InChI=1S/C39H43N3O4/c40-32-17-15-28(16-18-32)20-31-22-33(21-27-11-5-2-6-12-27)42(39(31)46)25-34(43)23-30(19-26-9-3-1-4-10-26)38(45)41-37-35-14-8-7-13-29(35)24-36(37)44/h1-18,30-31,33-34,36-37,43-44H,19-25,40H2,(H,41,45)/t30-,31+,33+,34+,36-,37+/m1/s1. The third kappa shape index (κ3) is 7.49. The van der Waals surface area contributed by atoms with Crippen LogP contribution in [0.25, 0.3) is 0 Å². The largest absolute Gasteiger partial charge is 0.399 e. The van der Waals surface area contributed by atoms with E-state index in [2.05, 4.69) is 17.4 Å². The summed E-state index contributed by atoms with van der Waals surface area (Å²) >= 11 is 0. The molecule has 1 heterocycles. The first kappa shape index (κ1) is 31.5. The minimum Gasteiger partial charge on any atom is -0.399 e. The number of nitrogens with one attached hydrogen (secondary N) is 1. The van der Waals surface area contributed by atoms with Crippen molar-refractivity contribution in [2.24, 2.45) is 11.8 Å². The molecule has 6 rings (SSSR count). The summed E-state index contributed by atoms with van der Waals surface area (Å²) in [6.45, 7) is 0.155. The molecule has 1 aliphatic heterocycles. The van der Waals surface area contributed by atoms with Gasteiger partial charge < -0.3 is 26.2 Å². The number of nitrogens with zero attached hydrogens (tertiary/aromatic N) is 1. The van der Waals surface area contributed by atoms with Gasteiger partial charge in [0.1, 0.15) is 0 Å². The van der Waals surface area contributed by atoms with E-state index in [-0.39, 0.29) is 36.7 Å². The Hall–Kier alpha value is -4.46. The van der Waals surface area contributed by atoms with Crippen LogP contribution >= 0.6 is 0 Å². The molecule has 5 N–H and O–H groups in total. The Morgan fingerprint density at radius 3 is 2.20 bits per heavy atom. The van der Waals surface area contributed by atoms with Gasteiger partial charge in [-0.3, -0.25) is 9.59 Å². The maximum Gasteiger partial charge on any atom is 0.226 e. The molecule has 0 bridgehead atoms. The van der Waals surface area contributed by atoms with E-state index in [1.54, 1.807) is 0 Å². The van der Waals surface area contributed by atoms with E-state index in [4.69, 9.17) is 5.73 Å². The van der Waals surface area contributed by atoms with Gasteiger partial charge in [-0.1, -0.05) is 97.1 Å². The van der Waals surface area contributed by atoms with Gasteiger partial charge >= 0.3 is 0 Å². The molecule has 0 spiro atoms. The molecule has 6 atom stereocenters.